The number of aromatic nitrogens is 2. The number of nitrogen functional groups attached to an aromatic ring is 1. The monoisotopic (exact) mass is 259 g/mol. The van der Waals surface area contributed by atoms with E-state index in [1.165, 1.54) is 0 Å². The highest BCUT2D eigenvalue weighted by Crippen LogP contribution is 2.25. The molecule has 1 aromatic rings. The first-order chi connectivity index (χ1) is 7.98. The Bertz CT molecular complexity index is 489. The largest absolute Gasteiger partial charge is 0.383 e. The van der Waals surface area contributed by atoms with Gasteiger partial charge in [-0.25, -0.2) is 8.42 Å². The molecule has 1 aliphatic heterocycles. The molecule has 2 rings (SSSR count). The van der Waals surface area contributed by atoms with Crippen LogP contribution in [0, 0.1) is 0 Å². The fourth-order valence-corrected chi connectivity index (χ4v) is 2.88. The minimum Gasteiger partial charge on any atom is -0.383 e. The number of rotatable bonds is 3. The first-order valence-corrected chi connectivity index (χ1v) is 7.39. The van der Waals surface area contributed by atoms with Crippen LogP contribution in [-0.4, -0.2) is 44.0 Å². The Morgan fingerprint density at radius 2 is 2.06 bits per heavy atom. The molecule has 1 aromatic heterocycles. The van der Waals surface area contributed by atoms with Crippen molar-refractivity contribution in [2.45, 2.75) is 23.8 Å². The second kappa shape index (κ2) is 4.53. The van der Waals surface area contributed by atoms with Gasteiger partial charge in [-0.3, -0.25) is 5.10 Å². The Labute approximate surface area is 100 Å². The Kier molecular flexibility index (Phi) is 3.25. The van der Waals surface area contributed by atoms with Crippen molar-refractivity contribution in [3.05, 3.63) is 0 Å². The Morgan fingerprint density at radius 3 is 2.65 bits per heavy atom. The van der Waals surface area contributed by atoms with Gasteiger partial charge in [-0.2, -0.15) is 5.10 Å². The first kappa shape index (κ1) is 12.2. The molecule has 1 saturated heterocycles. The van der Waals surface area contributed by atoms with Crippen molar-refractivity contribution in [1.82, 2.24) is 15.5 Å². The second-order valence-electron chi connectivity index (χ2n) is 4.26. The molecular weight excluding hydrogens is 242 g/mol. The van der Waals surface area contributed by atoms with Gasteiger partial charge in [-0.1, -0.05) is 0 Å². The highest BCUT2D eigenvalue weighted by atomic mass is 32.2. The number of nitrogens with one attached hydrogen (secondary N) is 3. The topological polar surface area (TPSA) is 113 Å². The van der Waals surface area contributed by atoms with E-state index < -0.39 is 9.84 Å². The van der Waals surface area contributed by atoms with Crippen molar-refractivity contribution in [3.63, 3.8) is 0 Å². The molecule has 0 aromatic carbocycles. The highest BCUT2D eigenvalue weighted by Gasteiger charge is 2.23. The van der Waals surface area contributed by atoms with E-state index in [0.29, 0.717) is 5.82 Å². The Hall–Kier alpha value is -1.28. The third-order valence-corrected chi connectivity index (χ3v) is 3.95. The summed E-state index contributed by atoms with van der Waals surface area (Å²) in [5.74, 6) is 0.417. The van der Waals surface area contributed by atoms with E-state index in [1.54, 1.807) is 0 Å². The lowest BCUT2D eigenvalue weighted by Gasteiger charge is -2.23. The van der Waals surface area contributed by atoms with Crippen LogP contribution in [0.25, 0.3) is 0 Å². The third-order valence-electron chi connectivity index (χ3n) is 2.80. The maximum atomic E-state index is 11.6. The van der Waals surface area contributed by atoms with Crippen LogP contribution in [0.1, 0.15) is 12.8 Å². The minimum absolute atomic E-state index is 0.0658. The molecule has 7 nitrogen and oxygen atoms in total. The van der Waals surface area contributed by atoms with Crippen LogP contribution >= 0.6 is 0 Å². The molecule has 0 saturated carbocycles. The lowest BCUT2D eigenvalue weighted by atomic mass is 10.1. The summed E-state index contributed by atoms with van der Waals surface area (Å²) in [5.41, 5.74) is 5.58. The van der Waals surface area contributed by atoms with E-state index >= 15 is 0 Å². The third kappa shape index (κ3) is 2.70. The van der Waals surface area contributed by atoms with Gasteiger partial charge in [-0.15, -0.1) is 0 Å². The number of hydrogen-bond acceptors (Lipinski definition) is 6. The van der Waals surface area contributed by atoms with Gasteiger partial charge in [0.1, 0.15) is 5.82 Å². The predicted octanol–water partition coefficient (Wildman–Crippen LogP) is -0.441. The van der Waals surface area contributed by atoms with Gasteiger partial charge in [0.15, 0.2) is 20.6 Å². The van der Waals surface area contributed by atoms with Crippen LogP contribution in [0.4, 0.5) is 11.6 Å². The fourth-order valence-electron chi connectivity index (χ4n) is 1.98. The molecular formula is C9H17N5O2S. The summed E-state index contributed by atoms with van der Waals surface area (Å²) >= 11 is 0. The number of H-pyrrole nitrogens is 1. The molecule has 2 heterocycles. The van der Waals surface area contributed by atoms with Gasteiger partial charge < -0.3 is 16.4 Å². The zero-order valence-corrected chi connectivity index (χ0v) is 10.5. The predicted molar refractivity (Wildman–Crippen MR) is 65.6 cm³/mol. The molecule has 0 unspecified atom stereocenters. The maximum absolute atomic E-state index is 11.6. The summed E-state index contributed by atoms with van der Waals surface area (Å²) in [7, 11) is -3.37. The van der Waals surface area contributed by atoms with E-state index in [4.69, 9.17) is 5.73 Å². The SMILES string of the molecule is CS(=O)(=O)c1c(NC2CCNCC2)n[nH]c1N. The smallest absolute Gasteiger partial charge is 0.182 e. The molecule has 5 N–H and O–H groups in total. The fraction of sp³-hybridized carbons (Fsp3) is 0.667. The van der Waals surface area contributed by atoms with Crippen LogP contribution in [-0.2, 0) is 9.84 Å². The zero-order chi connectivity index (χ0) is 12.5. The average molecular weight is 259 g/mol. The van der Waals surface area contributed by atoms with E-state index in [0.717, 1.165) is 32.2 Å². The molecule has 1 aliphatic rings. The number of piperidine rings is 1. The quantitative estimate of drug-likeness (QED) is 0.585. The van der Waals surface area contributed by atoms with Crippen molar-refractivity contribution in [3.8, 4) is 0 Å². The van der Waals surface area contributed by atoms with Crippen molar-refractivity contribution < 1.29 is 8.42 Å². The van der Waals surface area contributed by atoms with E-state index in [2.05, 4.69) is 20.8 Å². The number of nitrogens with zero attached hydrogens (tertiary/aromatic N) is 1. The summed E-state index contributed by atoms with van der Waals surface area (Å²) in [5, 5.41) is 12.8. The van der Waals surface area contributed by atoms with Gasteiger partial charge in [0, 0.05) is 12.3 Å². The molecule has 1 fully saturated rings. The molecule has 17 heavy (non-hydrogen) atoms. The van der Waals surface area contributed by atoms with Gasteiger partial charge in [0.2, 0.25) is 0 Å². The van der Waals surface area contributed by atoms with Crippen LogP contribution in [0.15, 0.2) is 4.90 Å². The summed E-state index contributed by atoms with van der Waals surface area (Å²) in [6.45, 7) is 1.84. The molecule has 8 heteroatoms. The average Bonchev–Trinajstić information content (AvgIpc) is 2.60. The summed E-state index contributed by atoms with van der Waals surface area (Å²) in [4.78, 5) is 0.0658. The number of anilines is 2. The minimum atomic E-state index is -3.37. The Morgan fingerprint density at radius 1 is 1.41 bits per heavy atom. The second-order valence-corrected chi connectivity index (χ2v) is 6.21. The number of nitrogens with two attached hydrogens (primary N) is 1. The molecule has 0 spiro atoms. The van der Waals surface area contributed by atoms with Crippen molar-refractivity contribution in [1.29, 1.82) is 0 Å². The van der Waals surface area contributed by atoms with Crippen LogP contribution in [0.5, 0.6) is 0 Å². The van der Waals surface area contributed by atoms with Crippen LogP contribution < -0.4 is 16.4 Å². The zero-order valence-electron chi connectivity index (χ0n) is 9.66. The normalized spacial score (nSPS) is 18.2. The maximum Gasteiger partial charge on any atom is 0.182 e. The lowest BCUT2D eigenvalue weighted by molar-refractivity contribution is 0.477. The standard InChI is InChI=1S/C9H17N5O2S/c1-17(15,16)7-8(10)13-14-9(7)12-6-2-4-11-5-3-6/h6,11H,2-5H2,1H3,(H4,10,12,13,14). The summed E-state index contributed by atoms with van der Waals surface area (Å²) < 4.78 is 23.2. The molecule has 0 amide bonds. The van der Waals surface area contributed by atoms with Crippen molar-refractivity contribution in [2.24, 2.45) is 0 Å². The number of sulfone groups is 1. The van der Waals surface area contributed by atoms with Crippen LogP contribution in [0.2, 0.25) is 0 Å². The number of hydrogen-bond donors (Lipinski definition) is 4. The first-order valence-electron chi connectivity index (χ1n) is 5.49. The van der Waals surface area contributed by atoms with Gasteiger partial charge in [0.05, 0.1) is 0 Å². The van der Waals surface area contributed by atoms with Gasteiger partial charge in [0.25, 0.3) is 0 Å². The van der Waals surface area contributed by atoms with Gasteiger partial charge in [-0.05, 0) is 25.9 Å². The lowest BCUT2D eigenvalue weighted by Crippen LogP contribution is -2.35. The van der Waals surface area contributed by atoms with Gasteiger partial charge >= 0.3 is 0 Å². The van der Waals surface area contributed by atoms with E-state index in [1.807, 2.05) is 0 Å². The summed E-state index contributed by atoms with van der Waals surface area (Å²) in [6, 6.07) is 0.236. The van der Waals surface area contributed by atoms with E-state index in [-0.39, 0.29) is 16.8 Å². The highest BCUT2D eigenvalue weighted by molar-refractivity contribution is 7.91. The van der Waals surface area contributed by atoms with Crippen molar-refractivity contribution >= 4 is 21.5 Å². The summed E-state index contributed by atoms with van der Waals surface area (Å²) in [6.07, 6.45) is 3.01. The molecule has 0 radical (unpaired) electrons. The molecule has 0 bridgehead atoms. The molecule has 0 atom stereocenters. The van der Waals surface area contributed by atoms with Crippen molar-refractivity contribution in [2.75, 3.05) is 30.4 Å². The molecule has 96 valence electrons. The van der Waals surface area contributed by atoms with E-state index in [9.17, 15) is 8.42 Å². The van der Waals surface area contributed by atoms with Crippen LogP contribution in [0.3, 0.4) is 0 Å². The molecule has 0 aliphatic carbocycles. The Balaban J connectivity index is 2.21. The number of aromatic amines is 1.